The van der Waals surface area contributed by atoms with Crippen LogP contribution in [0, 0.1) is 12.3 Å². The quantitative estimate of drug-likeness (QED) is 0.411. The number of methoxy groups -OCH3 is 1. The first-order valence-corrected chi connectivity index (χ1v) is 8.41. The van der Waals surface area contributed by atoms with Gasteiger partial charge in [0.05, 0.1) is 18.6 Å². The van der Waals surface area contributed by atoms with Crippen LogP contribution in [0.5, 0.6) is 5.75 Å². The summed E-state index contributed by atoms with van der Waals surface area (Å²) in [7, 11) is 1.58. The number of Topliss-reactive ketones (excluding diaryl/α,β-unsaturated/α-hetero) is 1. The molecule has 3 nitrogen and oxygen atoms in total. The van der Waals surface area contributed by atoms with Crippen molar-refractivity contribution in [1.29, 1.82) is 0 Å². The third-order valence-corrected chi connectivity index (χ3v) is 3.56. The Labute approximate surface area is 147 Å². The summed E-state index contributed by atoms with van der Waals surface area (Å²) in [6.07, 6.45) is -2.58. The van der Waals surface area contributed by atoms with E-state index >= 15 is 0 Å². The van der Waals surface area contributed by atoms with Gasteiger partial charge in [-0.3, -0.25) is 4.79 Å². The van der Waals surface area contributed by atoms with Crippen molar-refractivity contribution in [2.24, 2.45) is 5.92 Å². The highest BCUT2D eigenvalue weighted by Crippen LogP contribution is 2.27. The molecule has 141 valence electrons. The standard InChI is InChI=1S/C19H26F3O3/c1-14(2)5-6-15-7-8-16(17(23)9-10-19(20,21)22)18(13-15)25-12-4-11-24-3/h5,7-8,13-14H,4,6,9-12H2,1-3H3. The van der Waals surface area contributed by atoms with E-state index in [2.05, 4.69) is 20.3 Å². The highest BCUT2D eigenvalue weighted by molar-refractivity contribution is 5.98. The topological polar surface area (TPSA) is 35.5 Å². The van der Waals surface area contributed by atoms with Crippen LogP contribution in [-0.4, -0.2) is 32.3 Å². The maximum absolute atomic E-state index is 12.4. The van der Waals surface area contributed by atoms with E-state index in [1.54, 1.807) is 25.3 Å². The molecule has 1 radical (unpaired) electrons. The number of carbonyl (C=O) groups excluding carboxylic acids is 1. The molecule has 1 aromatic rings. The van der Waals surface area contributed by atoms with E-state index in [4.69, 9.17) is 9.47 Å². The van der Waals surface area contributed by atoms with Crippen molar-refractivity contribution >= 4 is 5.78 Å². The Balaban J connectivity index is 2.86. The zero-order valence-electron chi connectivity index (χ0n) is 15.0. The van der Waals surface area contributed by atoms with E-state index < -0.39 is 24.8 Å². The fourth-order valence-electron chi connectivity index (χ4n) is 2.19. The molecule has 0 spiro atoms. The summed E-state index contributed by atoms with van der Waals surface area (Å²) in [4.78, 5) is 12.2. The van der Waals surface area contributed by atoms with Crippen molar-refractivity contribution in [2.45, 2.75) is 45.7 Å². The number of rotatable bonds is 11. The summed E-state index contributed by atoms with van der Waals surface area (Å²) in [5.74, 6) is 0.204. The lowest BCUT2D eigenvalue weighted by Crippen LogP contribution is -2.12. The van der Waals surface area contributed by atoms with Gasteiger partial charge in [-0.1, -0.05) is 19.9 Å². The molecule has 0 fully saturated rings. The number of benzene rings is 1. The third-order valence-electron chi connectivity index (χ3n) is 3.56. The minimum Gasteiger partial charge on any atom is -0.493 e. The molecule has 0 bridgehead atoms. The molecular weight excluding hydrogens is 333 g/mol. The van der Waals surface area contributed by atoms with Gasteiger partial charge in [0.15, 0.2) is 5.78 Å². The normalized spacial score (nSPS) is 11.8. The molecule has 0 aromatic heterocycles. The molecule has 0 saturated heterocycles. The lowest BCUT2D eigenvalue weighted by Gasteiger charge is -2.14. The van der Waals surface area contributed by atoms with Crippen LogP contribution >= 0.6 is 0 Å². The molecule has 0 amide bonds. The van der Waals surface area contributed by atoms with Crippen molar-refractivity contribution in [2.75, 3.05) is 20.3 Å². The molecule has 0 saturated carbocycles. The zero-order chi connectivity index (χ0) is 18.9. The van der Waals surface area contributed by atoms with Crippen molar-refractivity contribution in [3.05, 3.63) is 35.7 Å². The van der Waals surface area contributed by atoms with E-state index in [1.807, 2.05) is 0 Å². The van der Waals surface area contributed by atoms with E-state index in [0.717, 1.165) is 5.56 Å². The average Bonchev–Trinajstić information content (AvgIpc) is 2.54. The van der Waals surface area contributed by atoms with Gasteiger partial charge in [0.25, 0.3) is 0 Å². The number of alkyl halides is 3. The van der Waals surface area contributed by atoms with Crippen LogP contribution in [0.4, 0.5) is 13.2 Å². The van der Waals surface area contributed by atoms with Crippen LogP contribution in [0.1, 0.15) is 49.0 Å². The van der Waals surface area contributed by atoms with Gasteiger partial charge in [-0.15, -0.1) is 0 Å². The predicted molar refractivity (Wildman–Crippen MR) is 90.9 cm³/mol. The van der Waals surface area contributed by atoms with E-state index in [0.29, 0.717) is 37.7 Å². The first-order valence-electron chi connectivity index (χ1n) is 8.41. The second-order valence-corrected chi connectivity index (χ2v) is 6.25. The molecule has 0 aliphatic carbocycles. The SMILES string of the molecule is COCCCOc1cc(C[CH]C(C)C)ccc1C(=O)CCC(F)(F)F. The van der Waals surface area contributed by atoms with E-state index in [1.165, 1.54) is 0 Å². The van der Waals surface area contributed by atoms with Crippen molar-refractivity contribution in [3.8, 4) is 5.75 Å². The van der Waals surface area contributed by atoms with Gasteiger partial charge in [-0.25, -0.2) is 0 Å². The Morgan fingerprint density at radius 2 is 1.96 bits per heavy atom. The van der Waals surface area contributed by atoms with Crippen LogP contribution < -0.4 is 4.74 Å². The maximum atomic E-state index is 12.4. The molecule has 25 heavy (non-hydrogen) atoms. The average molecular weight is 359 g/mol. The summed E-state index contributed by atoms with van der Waals surface area (Å²) in [6.45, 7) is 4.98. The molecule has 0 unspecified atom stereocenters. The van der Waals surface area contributed by atoms with Crippen molar-refractivity contribution < 1.29 is 27.4 Å². The van der Waals surface area contributed by atoms with Gasteiger partial charge in [-0.2, -0.15) is 13.2 Å². The first-order chi connectivity index (χ1) is 11.7. The van der Waals surface area contributed by atoms with Crippen LogP contribution in [0.15, 0.2) is 18.2 Å². The van der Waals surface area contributed by atoms with Crippen LogP contribution in [0.2, 0.25) is 0 Å². The predicted octanol–water partition coefficient (Wildman–Crippen LogP) is 5.03. The minimum atomic E-state index is -4.35. The largest absolute Gasteiger partial charge is 0.493 e. The highest BCUT2D eigenvalue weighted by atomic mass is 19.4. The van der Waals surface area contributed by atoms with Gasteiger partial charge in [0, 0.05) is 26.6 Å². The van der Waals surface area contributed by atoms with Gasteiger partial charge in [-0.05, 0) is 36.5 Å². The van der Waals surface area contributed by atoms with Crippen molar-refractivity contribution in [1.82, 2.24) is 0 Å². The third kappa shape index (κ3) is 8.91. The van der Waals surface area contributed by atoms with Crippen LogP contribution in [-0.2, 0) is 11.2 Å². The fraction of sp³-hybridized carbons (Fsp3) is 0.579. The highest BCUT2D eigenvalue weighted by Gasteiger charge is 2.28. The summed E-state index contributed by atoms with van der Waals surface area (Å²) in [6, 6.07) is 5.07. The van der Waals surface area contributed by atoms with Crippen LogP contribution in [0.25, 0.3) is 0 Å². The van der Waals surface area contributed by atoms with Crippen LogP contribution in [0.3, 0.4) is 0 Å². The maximum Gasteiger partial charge on any atom is 0.389 e. The Bertz CT molecular complexity index is 539. The summed E-state index contributed by atoms with van der Waals surface area (Å²) < 4.78 is 47.7. The first kappa shape index (κ1) is 21.5. The van der Waals surface area contributed by atoms with Gasteiger partial charge in [0.1, 0.15) is 5.75 Å². The van der Waals surface area contributed by atoms with Gasteiger partial charge >= 0.3 is 6.18 Å². The van der Waals surface area contributed by atoms with Gasteiger partial charge in [0.2, 0.25) is 0 Å². The Kier molecular flexibility index (Phi) is 8.97. The van der Waals surface area contributed by atoms with Gasteiger partial charge < -0.3 is 9.47 Å². The molecule has 0 heterocycles. The second-order valence-electron chi connectivity index (χ2n) is 6.25. The Morgan fingerprint density at radius 1 is 1.24 bits per heavy atom. The monoisotopic (exact) mass is 359 g/mol. The minimum absolute atomic E-state index is 0.204. The summed E-state index contributed by atoms with van der Waals surface area (Å²) in [5, 5.41) is 0. The number of hydrogen-bond donors (Lipinski definition) is 0. The molecule has 0 aliphatic heterocycles. The lowest BCUT2D eigenvalue weighted by atomic mass is 9.98. The smallest absolute Gasteiger partial charge is 0.389 e. The lowest BCUT2D eigenvalue weighted by molar-refractivity contribution is -0.133. The zero-order valence-corrected chi connectivity index (χ0v) is 15.0. The molecule has 0 atom stereocenters. The van der Waals surface area contributed by atoms with E-state index in [-0.39, 0.29) is 5.56 Å². The number of hydrogen-bond acceptors (Lipinski definition) is 3. The Hall–Kier alpha value is -1.56. The second kappa shape index (κ2) is 10.4. The molecule has 1 rings (SSSR count). The number of carbonyl (C=O) groups is 1. The number of ether oxygens (including phenoxy) is 2. The molecule has 1 aromatic carbocycles. The van der Waals surface area contributed by atoms with E-state index in [9.17, 15) is 18.0 Å². The fourth-order valence-corrected chi connectivity index (χ4v) is 2.19. The summed E-state index contributed by atoms with van der Waals surface area (Å²) >= 11 is 0. The molecule has 0 aliphatic rings. The Morgan fingerprint density at radius 3 is 2.56 bits per heavy atom. The molecular formula is C19H26F3O3. The summed E-state index contributed by atoms with van der Waals surface area (Å²) in [5.41, 5.74) is 1.16. The molecule has 0 N–H and O–H groups in total. The number of ketones is 1. The number of halogens is 3. The van der Waals surface area contributed by atoms with Crippen molar-refractivity contribution in [3.63, 3.8) is 0 Å². The molecule has 6 heteroatoms.